The molecule has 2 aliphatic rings. The zero-order valence-corrected chi connectivity index (χ0v) is 18.6. The van der Waals surface area contributed by atoms with Gasteiger partial charge in [0.25, 0.3) is 5.91 Å². The van der Waals surface area contributed by atoms with E-state index >= 15 is 0 Å². The van der Waals surface area contributed by atoms with Gasteiger partial charge in [-0.25, -0.2) is 18.1 Å². The maximum atomic E-state index is 12.9. The van der Waals surface area contributed by atoms with Crippen LogP contribution in [0, 0.1) is 12.8 Å². The molecule has 1 amide bonds. The number of nitrogens with zero attached hydrogens (tertiary/aromatic N) is 1. The van der Waals surface area contributed by atoms with Gasteiger partial charge in [0.05, 0.1) is 10.6 Å². The second kappa shape index (κ2) is 8.26. The molecule has 2 aromatic rings. The predicted molar refractivity (Wildman–Crippen MR) is 122 cm³/mol. The van der Waals surface area contributed by atoms with E-state index in [1.165, 1.54) is 0 Å². The van der Waals surface area contributed by atoms with E-state index in [2.05, 4.69) is 25.6 Å². The Hall–Kier alpha value is -2.61. The molecule has 0 radical (unpaired) electrons. The molecular weight excluding hydrogens is 464 g/mol. The SMILES string of the molecule is Cc1ccc(S(=O)(=O)NCC2=C(c3ccccc3)C3C=C(Br)C=CC3=NC2=O)cc1. The van der Waals surface area contributed by atoms with Crippen LogP contribution >= 0.6 is 15.9 Å². The van der Waals surface area contributed by atoms with Crippen molar-refractivity contribution >= 4 is 43.1 Å². The zero-order chi connectivity index (χ0) is 21.3. The molecule has 7 heteroatoms. The number of carbonyl (C=O) groups excluding carboxylic acids is 1. The molecule has 0 aromatic heterocycles. The summed E-state index contributed by atoms with van der Waals surface area (Å²) in [6.45, 7) is 1.75. The highest BCUT2D eigenvalue weighted by atomic mass is 79.9. The van der Waals surface area contributed by atoms with Crippen LogP contribution in [0.4, 0.5) is 0 Å². The predicted octanol–water partition coefficient (Wildman–Crippen LogP) is 4.17. The van der Waals surface area contributed by atoms with Crippen LogP contribution in [-0.4, -0.2) is 26.6 Å². The van der Waals surface area contributed by atoms with Crippen molar-refractivity contribution in [2.45, 2.75) is 11.8 Å². The molecule has 0 saturated carbocycles. The number of aliphatic imine (C=N–C) groups is 1. The molecular formula is C23H19BrN2O3S. The second-order valence-electron chi connectivity index (χ2n) is 7.10. The van der Waals surface area contributed by atoms with Crippen molar-refractivity contribution in [3.8, 4) is 0 Å². The molecule has 1 aliphatic heterocycles. The van der Waals surface area contributed by atoms with Crippen LogP contribution in [0.25, 0.3) is 5.57 Å². The van der Waals surface area contributed by atoms with Gasteiger partial charge < -0.3 is 0 Å². The van der Waals surface area contributed by atoms with Gasteiger partial charge in [-0.15, -0.1) is 0 Å². The van der Waals surface area contributed by atoms with Gasteiger partial charge in [0, 0.05) is 22.5 Å². The Kier molecular flexibility index (Phi) is 5.69. The number of halogens is 1. The average molecular weight is 483 g/mol. The van der Waals surface area contributed by atoms with Gasteiger partial charge in [0.15, 0.2) is 0 Å². The first kappa shape index (κ1) is 20.7. The van der Waals surface area contributed by atoms with E-state index in [9.17, 15) is 13.2 Å². The van der Waals surface area contributed by atoms with Gasteiger partial charge in [0.1, 0.15) is 0 Å². The minimum Gasteiger partial charge on any atom is -0.267 e. The topological polar surface area (TPSA) is 75.6 Å². The molecule has 0 saturated heterocycles. The van der Waals surface area contributed by atoms with Crippen molar-refractivity contribution in [2.75, 3.05) is 6.54 Å². The molecule has 0 fully saturated rings. The number of dihydropyridines is 1. The van der Waals surface area contributed by atoms with Crippen LogP contribution in [0.15, 0.2) is 92.8 Å². The highest BCUT2D eigenvalue weighted by molar-refractivity contribution is 9.11. The number of hydrogen-bond acceptors (Lipinski definition) is 3. The van der Waals surface area contributed by atoms with E-state index in [0.29, 0.717) is 11.3 Å². The summed E-state index contributed by atoms with van der Waals surface area (Å²) in [4.78, 5) is 17.2. The summed E-state index contributed by atoms with van der Waals surface area (Å²) in [5, 5.41) is 0. The van der Waals surface area contributed by atoms with Crippen molar-refractivity contribution in [3.05, 3.63) is 94.0 Å². The molecule has 1 atom stereocenters. The zero-order valence-electron chi connectivity index (χ0n) is 16.2. The molecule has 152 valence electrons. The number of aryl methyl sites for hydroxylation is 1. The fourth-order valence-corrected chi connectivity index (χ4v) is 4.90. The first-order chi connectivity index (χ1) is 14.3. The Labute approximate surface area is 184 Å². The Bertz CT molecular complexity index is 1220. The fraction of sp³-hybridized carbons (Fsp3) is 0.130. The van der Waals surface area contributed by atoms with Crippen molar-refractivity contribution in [3.63, 3.8) is 0 Å². The lowest BCUT2D eigenvalue weighted by Gasteiger charge is -2.27. The first-order valence-corrected chi connectivity index (χ1v) is 11.7. The lowest BCUT2D eigenvalue weighted by atomic mass is 9.81. The number of benzene rings is 2. The van der Waals surface area contributed by atoms with E-state index in [1.54, 1.807) is 24.3 Å². The average Bonchev–Trinajstić information content (AvgIpc) is 2.73. The van der Waals surface area contributed by atoms with Gasteiger partial charge in [0.2, 0.25) is 10.0 Å². The lowest BCUT2D eigenvalue weighted by Crippen LogP contribution is -2.32. The Morgan fingerprint density at radius 1 is 1.03 bits per heavy atom. The standard InChI is InChI=1S/C23H19BrN2O3S/c1-15-7-10-18(11-8-15)30(28,29)25-14-20-22(16-5-3-2-4-6-16)19-13-17(24)9-12-21(19)26-23(20)27/h2-13,19,25H,14H2,1H3. The highest BCUT2D eigenvalue weighted by Gasteiger charge is 2.32. The molecule has 1 unspecified atom stereocenters. The maximum absolute atomic E-state index is 12.9. The lowest BCUT2D eigenvalue weighted by molar-refractivity contribution is -0.114. The molecule has 5 nitrogen and oxygen atoms in total. The van der Waals surface area contributed by atoms with E-state index in [0.717, 1.165) is 21.2 Å². The van der Waals surface area contributed by atoms with Gasteiger partial charge in [-0.2, -0.15) is 0 Å². The normalized spacial score (nSPS) is 18.7. The Morgan fingerprint density at radius 2 is 1.73 bits per heavy atom. The van der Waals surface area contributed by atoms with E-state index in [-0.39, 0.29) is 17.4 Å². The molecule has 2 aromatic carbocycles. The third-order valence-electron chi connectivity index (χ3n) is 5.04. The minimum atomic E-state index is -3.77. The summed E-state index contributed by atoms with van der Waals surface area (Å²) in [7, 11) is -3.77. The molecule has 1 heterocycles. The van der Waals surface area contributed by atoms with Crippen LogP contribution in [0.5, 0.6) is 0 Å². The molecule has 0 bridgehead atoms. The Balaban J connectivity index is 1.74. The smallest absolute Gasteiger partial charge is 0.267 e. The molecule has 30 heavy (non-hydrogen) atoms. The molecule has 4 rings (SSSR count). The Morgan fingerprint density at radius 3 is 2.43 bits per heavy atom. The number of sulfonamides is 1. The number of hydrogen-bond donors (Lipinski definition) is 1. The number of rotatable bonds is 5. The van der Waals surface area contributed by atoms with Crippen LogP contribution in [-0.2, 0) is 14.8 Å². The molecule has 1 N–H and O–H groups in total. The highest BCUT2D eigenvalue weighted by Crippen LogP contribution is 2.37. The third kappa shape index (κ3) is 4.14. The van der Waals surface area contributed by atoms with Crippen LogP contribution in [0.2, 0.25) is 0 Å². The minimum absolute atomic E-state index is 0.137. The summed E-state index contributed by atoms with van der Waals surface area (Å²) < 4.78 is 29.0. The van der Waals surface area contributed by atoms with Crippen LogP contribution < -0.4 is 4.72 Å². The summed E-state index contributed by atoms with van der Waals surface area (Å²) in [6.07, 6.45) is 5.63. The quantitative estimate of drug-likeness (QED) is 0.694. The number of fused-ring (bicyclic) bond motifs is 1. The van der Waals surface area contributed by atoms with Gasteiger partial charge in [-0.05, 0) is 42.3 Å². The van der Waals surface area contributed by atoms with Crippen molar-refractivity contribution < 1.29 is 13.2 Å². The van der Waals surface area contributed by atoms with Gasteiger partial charge in [-0.1, -0.05) is 70.0 Å². The van der Waals surface area contributed by atoms with Crippen molar-refractivity contribution in [1.82, 2.24) is 4.72 Å². The largest absolute Gasteiger partial charge is 0.274 e. The maximum Gasteiger partial charge on any atom is 0.274 e. The van der Waals surface area contributed by atoms with Gasteiger partial charge >= 0.3 is 0 Å². The number of allylic oxidation sites excluding steroid dienone is 5. The summed E-state index contributed by atoms with van der Waals surface area (Å²) in [5.41, 5.74) is 3.58. The molecule has 0 spiro atoms. The van der Waals surface area contributed by atoms with Crippen molar-refractivity contribution in [2.24, 2.45) is 10.9 Å². The fourth-order valence-electron chi connectivity index (χ4n) is 3.50. The van der Waals surface area contributed by atoms with Gasteiger partial charge in [-0.3, -0.25) is 4.79 Å². The van der Waals surface area contributed by atoms with E-state index in [4.69, 9.17) is 0 Å². The van der Waals surface area contributed by atoms with Crippen molar-refractivity contribution in [1.29, 1.82) is 0 Å². The summed E-state index contributed by atoms with van der Waals surface area (Å²) >= 11 is 3.49. The van der Waals surface area contributed by atoms with E-state index in [1.807, 2.05) is 55.5 Å². The monoisotopic (exact) mass is 482 g/mol. The number of nitrogens with one attached hydrogen (secondary N) is 1. The van der Waals surface area contributed by atoms with E-state index < -0.39 is 15.9 Å². The number of carbonyl (C=O) groups is 1. The first-order valence-electron chi connectivity index (χ1n) is 9.38. The number of amides is 1. The third-order valence-corrected chi connectivity index (χ3v) is 6.98. The molecule has 1 aliphatic carbocycles. The van der Waals surface area contributed by atoms with Crippen LogP contribution in [0.1, 0.15) is 11.1 Å². The summed E-state index contributed by atoms with van der Waals surface area (Å²) in [6, 6.07) is 16.1. The summed E-state index contributed by atoms with van der Waals surface area (Å²) in [5.74, 6) is -0.661. The van der Waals surface area contributed by atoms with Crippen LogP contribution in [0.3, 0.4) is 0 Å². The second-order valence-corrected chi connectivity index (χ2v) is 9.78.